The second kappa shape index (κ2) is 9.65. The molecule has 1 amide bonds. The number of sulfone groups is 1. The van der Waals surface area contributed by atoms with E-state index in [-0.39, 0.29) is 35.7 Å². The fraction of sp³-hybridized carbons (Fsp3) is 0.440. The van der Waals surface area contributed by atoms with E-state index in [9.17, 15) is 23.1 Å². The van der Waals surface area contributed by atoms with Crippen molar-refractivity contribution in [2.45, 2.75) is 62.7 Å². The number of carbonyl (C=O) groups excluding carboxylic acids is 2. The molecule has 1 heterocycles. The SMILES string of the molecule is CC1OCC(=O)C1NC(=O)C(Cc1ccc(O)cc1)S(=O)(=O)Cc1ccc(C(C)(C)C)cc1. The number of hydrogen-bond donors (Lipinski definition) is 2. The summed E-state index contributed by atoms with van der Waals surface area (Å²) in [6, 6.07) is 12.5. The van der Waals surface area contributed by atoms with E-state index in [1.165, 1.54) is 12.1 Å². The molecule has 1 aliphatic rings. The Labute approximate surface area is 195 Å². The predicted octanol–water partition coefficient (Wildman–Crippen LogP) is 2.69. The Kier molecular flexibility index (Phi) is 7.29. The van der Waals surface area contributed by atoms with Gasteiger partial charge in [0.05, 0.1) is 11.9 Å². The number of nitrogens with one attached hydrogen (secondary N) is 1. The Bertz CT molecular complexity index is 1100. The molecular weight excluding hydrogens is 442 g/mol. The molecule has 0 aliphatic carbocycles. The van der Waals surface area contributed by atoms with Crippen LogP contribution in [0.25, 0.3) is 0 Å². The average molecular weight is 474 g/mol. The Balaban J connectivity index is 1.86. The van der Waals surface area contributed by atoms with Crippen LogP contribution in [0.15, 0.2) is 48.5 Å². The number of benzene rings is 2. The van der Waals surface area contributed by atoms with Gasteiger partial charge in [-0.05, 0) is 47.6 Å². The average Bonchev–Trinajstić information content (AvgIpc) is 3.04. The first kappa shape index (κ1) is 24.9. The van der Waals surface area contributed by atoms with Crippen LogP contribution in [0.2, 0.25) is 0 Å². The largest absolute Gasteiger partial charge is 0.508 e. The van der Waals surface area contributed by atoms with Crippen molar-refractivity contribution < 1.29 is 27.9 Å². The van der Waals surface area contributed by atoms with Gasteiger partial charge in [0.25, 0.3) is 0 Å². The third-order valence-electron chi connectivity index (χ3n) is 5.87. The zero-order valence-electron chi connectivity index (χ0n) is 19.4. The number of rotatable bonds is 7. The summed E-state index contributed by atoms with van der Waals surface area (Å²) in [7, 11) is -3.93. The third kappa shape index (κ3) is 6.21. The highest BCUT2D eigenvalue weighted by atomic mass is 32.2. The topological polar surface area (TPSA) is 110 Å². The third-order valence-corrected chi connectivity index (χ3v) is 7.86. The maximum Gasteiger partial charge on any atom is 0.239 e. The number of Topliss-reactive ketones (excluding diaryl/α,β-unsaturated/α-hetero) is 1. The van der Waals surface area contributed by atoms with E-state index in [1.54, 1.807) is 31.2 Å². The van der Waals surface area contributed by atoms with Crippen LogP contribution in [0.4, 0.5) is 0 Å². The fourth-order valence-electron chi connectivity index (χ4n) is 3.77. The van der Waals surface area contributed by atoms with Crippen molar-refractivity contribution >= 4 is 21.5 Å². The van der Waals surface area contributed by atoms with Gasteiger partial charge in [-0.1, -0.05) is 57.2 Å². The van der Waals surface area contributed by atoms with Crippen LogP contribution in [0.3, 0.4) is 0 Å². The molecule has 2 aromatic rings. The number of ether oxygens (including phenoxy) is 1. The van der Waals surface area contributed by atoms with E-state index < -0.39 is 33.1 Å². The summed E-state index contributed by atoms with van der Waals surface area (Å²) in [6.45, 7) is 7.78. The number of hydrogen-bond acceptors (Lipinski definition) is 6. The molecule has 1 aliphatic heterocycles. The molecule has 0 radical (unpaired) electrons. The lowest BCUT2D eigenvalue weighted by Crippen LogP contribution is -2.50. The Morgan fingerprint density at radius 3 is 2.18 bits per heavy atom. The summed E-state index contributed by atoms with van der Waals surface area (Å²) in [6.07, 6.45) is -0.603. The summed E-state index contributed by atoms with van der Waals surface area (Å²) >= 11 is 0. The normalized spacial score (nSPS) is 19.9. The highest BCUT2D eigenvalue weighted by Crippen LogP contribution is 2.24. The number of phenols is 1. The highest BCUT2D eigenvalue weighted by molar-refractivity contribution is 7.92. The summed E-state index contributed by atoms with van der Waals surface area (Å²) in [5.74, 6) is -1.28. The number of phenolic OH excluding ortho intramolecular Hbond substituents is 1. The molecule has 33 heavy (non-hydrogen) atoms. The molecular formula is C25H31NO6S. The minimum atomic E-state index is -3.93. The molecule has 3 rings (SSSR count). The van der Waals surface area contributed by atoms with Gasteiger partial charge in [0.15, 0.2) is 15.6 Å². The van der Waals surface area contributed by atoms with Crippen LogP contribution in [-0.2, 0) is 41.8 Å². The van der Waals surface area contributed by atoms with Crippen molar-refractivity contribution in [2.24, 2.45) is 0 Å². The Morgan fingerprint density at radius 1 is 1.09 bits per heavy atom. The van der Waals surface area contributed by atoms with Gasteiger partial charge in [-0.25, -0.2) is 8.42 Å². The van der Waals surface area contributed by atoms with Crippen molar-refractivity contribution in [3.63, 3.8) is 0 Å². The molecule has 1 fully saturated rings. The van der Waals surface area contributed by atoms with E-state index in [2.05, 4.69) is 26.1 Å². The van der Waals surface area contributed by atoms with Gasteiger partial charge in [-0.15, -0.1) is 0 Å². The Hall–Kier alpha value is -2.71. The second-order valence-electron chi connectivity index (χ2n) is 9.58. The molecule has 2 aromatic carbocycles. The zero-order valence-corrected chi connectivity index (χ0v) is 20.2. The molecule has 1 saturated heterocycles. The summed E-state index contributed by atoms with van der Waals surface area (Å²) in [4.78, 5) is 25.2. The molecule has 0 spiro atoms. The zero-order chi connectivity index (χ0) is 24.4. The molecule has 0 saturated carbocycles. The fourth-order valence-corrected chi connectivity index (χ4v) is 5.47. The van der Waals surface area contributed by atoms with Gasteiger partial charge in [0.2, 0.25) is 5.91 Å². The van der Waals surface area contributed by atoms with Gasteiger partial charge in [-0.2, -0.15) is 0 Å². The molecule has 2 N–H and O–H groups in total. The first-order valence-electron chi connectivity index (χ1n) is 10.9. The summed E-state index contributed by atoms with van der Waals surface area (Å²) < 4.78 is 32.1. The smallest absolute Gasteiger partial charge is 0.239 e. The number of aromatic hydroxyl groups is 1. The molecule has 0 bridgehead atoms. The van der Waals surface area contributed by atoms with Gasteiger partial charge in [-0.3, -0.25) is 9.59 Å². The van der Waals surface area contributed by atoms with Crippen LogP contribution in [-0.4, -0.2) is 49.2 Å². The van der Waals surface area contributed by atoms with E-state index in [0.29, 0.717) is 11.1 Å². The number of carbonyl (C=O) groups is 2. The van der Waals surface area contributed by atoms with Crippen LogP contribution in [0.5, 0.6) is 5.75 Å². The molecule has 3 unspecified atom stereocenters. The molecule has 7 nitrogen and oxygen atoms in total. The number of amides is 1. The first-order chi connectivity index (χ1) is 15.4. The molecule has 178 valence electrons. The van der Waals surface area contributed by atoms with E-state index in [4.69, 9.17) is 4.74 Å². The highest BCUT2D eigenvalue weighted by Gasteiger charge is 2.39. The van der Waals surface area contributed by atoms with E-state index in [0.717, 1.165) is 5.56 Å². The van der Waals surface area contributed by atoms with Crippen molar-refractivity contribution in [1.29, 1.82) is 0 Å². The quantitative estimate of drug-likeness (QED) is 0.640. The maximum absolute atomic E-state index is 13.4. The molecule has 8 heteroatoms. The molecule has 0 aromatic heterocycles. The van der Waals surface area contributed by atoms with Crippen molar-refractivity contribution in [2.75, 3.05) is 6.61 Å². The summed E-state index contributed by atoms with van der Waals surface area (Å²) in [5.41, 5.74) is 2.18. The predicted molar refractivity (Wildman–Crippen MR) is 126 cm³/mol. The van der Waals surface area contributed by atoms with Gasteiger partial charge in [0.1, 0.15) is 23.6 Å². The number of ketones is 1. The van der Waals surface area contributed by atoms with E-state index >= 15 is 0 Å². The minimum absolute atomic E-state index is 0.0454. The summed E-state index contributed by atoms with van der Waals surface area (Å²) in [5, 5.41) is 10.7. The lowest BCUT2D eigenvalue weighted by molar-refractivity contribution is -0.126. The lowest BCUT2D eigenvalue weighted by Gasteiger charge is -2.22. The van der Waals surface area contributed by atoms with E-state index in [1.807, 2.05) is 12.1 Å². The van der Waals surface area contributed by atoms with Crippen LogP contribution in [0.1, 0.15) is 44.4 Å². The van der Waals surface area contributed by atoms with Crippen LogP contribution >= 0.6 is 0 Å². The standard InChI is InChI=1S/C25H31NO6S/c1-16-23(21(28)14-32-16)26-24(29)22(13-17-7-11-20(27)12-8-17)33(30,31)15-18-5-9-19(10-6-18)25(2,3)4/h5-12,16,22-23,27H,13-15H2,1-4H3,(H,26,29). The van der Waals surface area contributed by atoms with Crippen molar-refractivity contribution in [1.82, 2.24) is 5.32 Å². The monoisotopic (exact) mass is 473 g/mol. The van der Waals surface area contributed by atoms with Gasteiger partial charge < -0.3 is 15.2 Å². The lowest BCUT2D eigenvalue weighted by atomic mass is 9.87. The Morgan fingerprint density at radius 2 is 1.67 bits per heavy atom. The second-order valence-corrected chi connectivity index (χ2v) is 11.8. The van der Waals surface area contributed by atoms with Gasteiger partial charge >= 0.3 is 0 Å². The van der Waals surface area contributed by atoms with Gasteiger partial charge in [0, 0.05) is 0 Å². The van der Waals surface area contributed by atoms with Crippen LogP contribution < -0.4 is 5.32 Å². The molecule has 3 atom stereocenters. The maximum atomic E-state index is 13.4. The van der Waals surface area contributed by atoms with Crippen molar-refractivity contribution in [3.8, 4) is 5.75 Å². The minimum Gasteiger partial charge on any atom is -0.508 e. The van der Waals surface area contributed by atoms with Crippen molar-refractivity contribution in [3.05, 3.63) is 65.2 Å². The van der Waals surface area contributed by atoms with Crippen LogP contribution in [0, 0.1) is 0 Å². The first-order valence-corrected chi connectivity index (χ1v) is 12.6.